The Kier molecular flexibility index (Phi) is 3.65. The summed E-state index contributed by atoms with van der Waals surface area (Å²) in [7, 11) is 0. The van der Waals surface area contributed by atoms with E-state index in [0.717, 1.165) is 12.0 Å². The van der Waals surface area contributed by atoms with Gasteiger partial charge in [0.05, 0.1) is 25.3 Å². The van der Waals surface area contributed by atoms with Crippen molar-refractivity contribution in [2.24, 2.45) is 0 Å². The third kappa shape index (κ3) is 2.53. The number of nitrogens with zero attached hydrogens (tertiary/aromatic N) is 1. The Labute approximate surface area is 107 Å². The fourth-order valence-corrected chi connectivity index (χ4v) is 1.98. The molecule has 1 amide bonds. The van der Waals surface area contributed by atoms with Crippen LogP contribution in [0.2, 0.25) is 0 Å². The predicted octanol–water partition coefficient (Wildman–Crippen LogP) is 2.09. The van der Waals surface area contributed by atoms with E-state index in [0.29, 0.717) is 18.0 Å². The van der Waals surface area contributed by atoms with Crippen LogP contribution in [0, 0.1) is 6.92 Å². The van der Waals surface area contributed by atoms with E-state index in [1.807, 2.05) is 32.0 Å². The van der Waals surface area contributed by atoms with Gasteiger partial charge in [0.1, 0.15) is 5.75 Å². The van der Waals surface area contributed by atoms with Gasteiger partial charge in [0.25, 0.3) is 0 Å². The minimum absolute atomic E-state index is 0.00109. The first-order valence-electron chi connectivity index (χ1n) is 6.17. The summed E-state index contributed by atoms with van der Waals surface area (Å²) in [6, 6.07) is 5.67. The lowest BCUT2D eigenvalue weighted by molar-refractivity contribution is -0.121. The monoisotopic (exact) mass is 247 g/mol. The molecule has 1 saturated heterocycles. The number of ether oxygens (including phenoxy) is 1. The zero-order chi connectivity index (χ0) is 13.1. The maximum absolute atomic E-state index is 11.7. The lowest BCUT2D eigenvalue weighted by Gasteiger charge is -2.19. The molecule has 0 N–H and O–H groups in total. The summed E-state index contributed by atoms with van der Waals surface area (Å²) in [5.74, 6) is 0.493. The molecular weight excluding hydrogens is 230 g/mol. The number of Topliss-reactive ketones (excluding diaryl/α,β-unsaturated/α-hetero) is 1. The van der Waals surface area contributed by atoms with Crippen LogP contribution in [0.15, 0.2) is 18.2 Å². The molecule has 18 heavy (non-hydrogen) atoms. The molecule has 0 unspecified atom stereocenters. The number of hydrogen-bond donors (Lipinski definition) is 0. The molecule has 0 spiro atoms. The van der Waals surface area contributed by atoms with E-state index in [1.54, 1.807) is 0 Å². The third-order valence-corrected chi connectivity index (χ3v) is 2.85. The van der Waals surface area contributed by atoms with Crippen molar-refractivity contribution in [2.45, 2.75) is 26.7 Å². The highest BCUT2D eigenvalue weighted by molar-refractivity contribution is 6.15. The van der Waals surface area contributed by atoms with E-state index in [-0.39, 0.29) is 24.7 Å². The largest absolute Gasteiger partial charge is 0.491 e. The zero-order valence-electron chi connectivity index (χ0n) is 10.7. The number of benzene rings is 1. The van der Waals surface area contributed by atoms with Gasteiger partial charge in [0.15, 0.2) is 5.78 Å². The van der Waals surface area contributed by atoms with Crippen molar-refractivity contribution in [2.75, 3.05) is 18.1 Å². The van der Waals surface area contributed by atoms with Crippen molar-refractivity contribution in [1.82, 2.24) is 0 Å². The summed E-state index contributed by atoms with van der Waals surface area (Å²) in [5.41, 5.74) is 1.77. The number of aryl methyl sites for hydroxylation is 1. The van der Waals surface area contributed by atoms with Crippen molar-refractivity contribution in [3.63, 3.8) is 0 Å². The van der Waals surface area contributed by atoms with E-state index >= 15 is 0 Å². The van der Waals surface area contributed by atoms with Gasteiger partial charge in [-0.15, -0.1) is 0 Å². The molecule has 0 aromatic heterocycles. The Morgan fingerprint density at radius 1 is 1.33 bits per heavy atom. The average molecular weight is 247 g/mol. The second-order valence-electron chi connectivity index (χ2n) is 4.51. The fraction of sp³-hybridized carbons (Fsp3) is 0.429. The molecule has 4 nitrogen and oxygen atoms in total. The van der Waals surface area contributed by atoms with Crippen molar-refractivity contribution in [1.29, 1.82) is 0 Å². The molecule has 0 radical (unpaired) electrons. The highest BCUT2D eigenvalue weighted by Gasteiger charge is 2.30. The van der Waals surface area contributed by atoms with E-state index in [1.165, 1.54) is 4.90 Å². The first kappa shape index (κ1) is 12.6. The van der Waals surface area contributed by atoms with Gasteiger partial charge in [-0.3, -0.25) is 9.59 Å². The van der Waals surface area contributed by atoms with E-state index in [9.17, 15) is 9.59 Å². The number of amides is 1. The van der Waals surface area contributed by atoms with Crippen LogP contribution < -0.4 is 9.64 Å². The lowest BCUT2D eigenvalue weighted by atomic mass is 10.2. The van der Waals surface area contributed by atoms with Gasteiger partial charge in [-0.1, -0.05) is 13.0 Å². The van der Waals surface area contributed by atoms with Crippen LogP contribution in [-0.4, -0.2) is 24.8 Å². The minimum atomic E-state index is -0.148. The first-order valence-corrected chi connectivity index (χ1v) is 6.17. The van der Waals surface area contributed by atoms with Crippen LogP contribution in [0.25, 0.3) is 0 Å². The Morgan fingerprint density at radius 2 is 2.11 bits per heavy atom. The molecule has 1 aromatic carbocycles. The summed E-state index contributed by atoms with van der Waals surface area (Å²) in [5, 5.41) is 0. The summed E-state index contributed by atoms with van der Waals surface area (Å²) in [6.07, 6.45) is 0.904. The maximum atomic E-state index is 11.7. The quantitative estimate of drug-likeness (QED) is 0.765. The van der Waals surface area contributed by atoms with E-state index < -0.39 is 0 Å². The SMILES string of the molecule is CCCOc1cc(C)ccc1N1CC(=O)CC1=O. The van der Waals surface area contributed by atoms with Crippen LogP contribution in [0.5, 0.6) is 5.75 Å². The van der Waals surface area contributed by atoms with Crippen LogP contribution >= 0.6 is 0 Å². The Morgan fingerprint density at radius 3 is 2.72 bits per heavy atom. The van der Waals surface area contributed by atoms with Gasteiger partial charge in [-0.25, -0.2) is 0 Å². The van der Waals surface area contributed by atoms with Crippen molar-refractivity contribution in [3.8, 4) is 5.75 Å². The molecule has 0 atom stereocenters. The number of anilines is 1. The Balaban J connectivity index is 2.31. The van der Waals surface area contributed by atoms with Crippen LogP contribution in [0.4, 0.5) is 5.69 Å². The Hall–Kier alpha value is -1.84. The van der Waals surface area contributed by atoms with Gasteiger partial charge >= 0.3 is 0 Å². The molecule has 0 aliphatic carbocycles. The molecule has 1 heterocycles. The number of rotatable bonds is 4. The van der Waals surface area contributed by atoms with E-state index in [2.05, 4.69) is 0 Å². The molecule has 1 aromatic rings. The standard InChI is InChI=1S/C14H17NO3/c1-3-6-18-13-7-10(2)4-5-12(13)15-9-11(16)8-14(15)17/h4-5,7H,3,6,8-9H2,1-2H3. The fourth-order valence-electron chi connectivity index (χ4n) is 1.98. The van der Waals surface area contributed by atoms with Gasteiger partial charge in [-0.2, -0.15) is 0 Å². The summed E-state index contributed by atoms with van der Waals surface area (Å²) < 4.78 is 5.66. The van der Waals surface area contributed by atoms with Crippen LogP contribution in [0.1, 0.15) is 25.3 Å². The molecule has 0 bridgehead atoms. The maximum Gasteiger partial charge on any atom is 0.235 e. The van der Waals surface area contributed by atoms with Crippen LogP contribution in [0.3, 0.4) is 0 Å². The van der Waals surface area contributed by atoms with Gasteiger partial charge in [0, 0.05) is 0 Å². The molecule has 2 rings (SSSR count). The normalized spacial score (nSPS) is 15.3. The average Bonchev–Trinajstić information content (AvgIpc) is 2.66. The molecule has 4 heteroatoms. The second kappa shape index (κ2) is 5.21. The predicted molar refractivity (Wildman–Crippen MR) is 68.9 cm³/mol. The first-order chi connectivity index (χ1) is 8.61. The van der Waals surface area contributed by atoms with Crippen molar-refractivity contribution < 1.29 is 14.3 Å². The molecular formula is C14H17NO3. The van der Waals surface area contributed by atoms with Crippen molar-refractivity contribution in [3.05, 3.63) is 23.8 Å². The van der Waals surface area contributed by atoms with Gasteiger partial charge in [0.2, 0.25) is 5.91 Å². The molecule has 1 fully saturated rings. The number of hydrogen-bond acceptors (Lipinski definition) is 3. The molecule has 0 saturated carbocycles. The highest BCUT2D eigenvalue weighted by Crippen LogP contribution is 2.31. The number of carbonyl (C=O) groups excluding carboxylic acids is 2. The van der Waals surface area contributed by atoms with E-state index in [4.69, 9.17) is 4.74 Å². The van der Waals surface area contributed by atoms with Crippen LogP contribution in [-0.2, 0) is 9.59 Å². The Bertz CT molecular complexity index is 482. The zero-order valence-corrected chi connectivity index (χ0v) is 10.7. The molecule has 96 valence electrons. The molecule has 1 aliphatic rings. The van der Waals surface area contributed by atoms with Gasteiger partial charge < -0.3 is 9.64 Å². The lowest BCUT2D eigenvalue weighted by Crippen LogP contribution is -2.25. The number of ketones is 1. The summed E-state index contributed by atoms with van der Waals surface area (Å²) >= 11 is 0. The summed E-state index contributed by atoms with van der Waals surface area (Å²) in [6.45, 7) is 4.76. The molecule has 1 aliphatic heterocycles. The summed E-state index contributed by atoms with van der Waals surface area (Å²) in [4.78, 5) is 24.6. The second-order valence-corrected chi connectivity index (χ2v) is 4.51. The minimum Gasteiger partial charge on any atom is -0.491 e. The third-order valence-electron chi connectivity index (χ3n) is 2.85. The number of carbonyl (C=O) groups is 2. The highest BCUT2D eigenvalue weighted by atomic mass is 16.5. The van der Waals surface area contributed by atoms with Crippen molar-refractivity contribution >= 4 is 17.4 Å². The van der Waals surface area contributed by atoms with Gasteiger partial charge in [-0.05, 0) is 31.0 Å². The smallest absolute Gasteiger partial charge is 0.235 e. The topological polar surface area (TPSA) is 46.6 Å².